The second kappa shape index (κ2) is 9.57. The summed E-state index contributed by atoms with van der Waals surface area (Å²) in [5.41, 5.74) is 5.58. The fourth-order valence-electron chi connectivity index (χ4n) is 3.17. The van der Waals surface area contributed by atoms with Crippen molar-refractivity contribution in [3.05, 3.63) is 87.6 Å². The summed E-state index contributed by atoms with van der Waals surface area (Å²) in [6.07, 6.45) is 2.44. The molecule has 1 amide bonds. The molecule has 31 heavy (non-hydrogen) atoms. The molecule has 2 aromatic heterocycles. The maximum absolute atomic E-state index is 12.5. The summed E-state index contributed by atoms with van der Waals surface area (Å²) in [4.78, 5) is 42.8. The lowest BCUT2D eigenvalue weighted by molar-refractivity contribution is -0.118. The maximum Gasteiger partial charge on any atom is 0.343 e. The number of nitrogens with one attached hydrogen (secondary N) is 1. The molecule has 3 rings (SSSR count). The van der Waals surface area contributed by atoms with E-state index < -0.39 is 29.1 Å². The quantitative estimate of drug-likeness (QED) is 0.469. The zero-order valence-electron chi connectivity index (χ0n) is 16.7. The summed E-state index contributed by atoms with van der Waals surface area (Å²) in [7, 11) is 1.15. The first-order valence-corrected chi connectivity index (χ1v) is 9.34. The number of H-pyrrole nitrogens is 1. The van der Waals surface area contributed by atoms with E-state index in [-0.39, 0.29) is 24.2 Å². The third kappa shape index (κ3) is 5.08. The van der Waals surface area contributed by atoms with Crippen molar-refractivity contribution in [1.82, 2.24) is 9.97 Å². The van der Waals surface area contributed by atoms with Crippen molar-refractivity contribution < 1.29 is 24.2 Å². The van der Waals surface area contributed by atoms with Crippen LogP contribution in [0.3, 0.4) is 0 Å². The first-order valence-electron chi connectivity index (χ1n) is 9.34. The summed E-state index contributed by atoms with van der Waals surface area (Å²) in [5, 5.41) is 10.6. The third-order valence-electron chi connectivity index (χ3n) is 4.63. The Morgan fingerprint density at radius 2 is 2.03 bits per heavy atom. The highest BCUT2D eigenvalue weighted by Crippen LogP contribution is 2.34. The zero-order chi connectivity index (χ0) is 22.4. The standard InChI is InChI=1S/C22H21N3O6/c1-30-22(29)17-11-25-21(28)19(20(17)27)16(10-18(23)26)13-5-4-7-15(9-13)31-12-14-6-2-3-8-24-14/h2-9,11,16H,10,12H2,1H3,(H2,23,26)(H2,25,27,28). The molecule has 4 N–H and O–H groups in total. The monoisotopic (exact) mass is 423 g/mol. The topological polar surface area (TPSA) is 145 Å². The molecule has 0 saturated carbocycles. The second-order valence-electron chi connectivity index (χ2n) is 6.69. The molecule has 9 nitrogen and oxygen atoms in total. The first kappa shape index (κ1) is 21.6. The minimum atomic E-state index is -0.913. The summed E-state index contributed by atoms with van der Waals surface area (Å²) in [5.74, 6) is -2.53. The van der Waals surface area contributed by atoms with Gasteiger partial charge in [-0.25, -0.2) is 4.79 Å². The Morgan fingerprint density at radius 1 is 1.23 bits per heavy atom. The fraction of sp³-hybridized carbons (Fsp3) is 0.182. The highest BCUT2D eigenvalue weighted by atomic mass is 16.5. The van der Waals surface area contributed by atoms with Crippen molar-refractivity contribution >= 4 is 11.9 Å². The van der Waals surface area contributed by atoms with Crippen LogP contribution in [0.15, 0.2) is 59.7 Å². The molecule has 1 unspecified atom stereocenters. The minimum Gasteiger partial charge on any atom is -0.506 e. The molecule has 160 valence electrons. The van der Waals surface area contributed by atoms with Gasteiger partial charge in [-0.15, -0.1) is 0 Å². The predicted octanol–water partition coefficient (Wildman–Crippen LogP) is 1.85. The van der Waals surface area contributed by atoms with Crippen LogP contribution in [0.5, 0.6) is 11.5 Å². The van der Waals surface area contributed by atoms with Crippen molar-refractivity contribution in [2.45, 2.75) is 18.9 Å². The summed E-state index contributed by atoms with van der Waals surface area (Å²) < 4.78 is 10.4. The van der Waals surface area contributed by atoms with E-state index in [1.807, 2.05) is 12.1 Å². The second-order valence-corrected chi connectivity index (χ2v) is 6.69. The Hall–Kier alpha value is -4.14. The van der Waals surface area contributed by atoms with Crippen LogP contribution in [-0.4, -0.2) is 34.1 Å². The van der Waals surface area contributed by atoms with Crippen molar-refractivity contribution in [2.75, 3.05) is 7.11 Å². The number of nitrogens with zero attached hydrogens (tertiary/aromatic N) is 1. The van der Waals surface area contributed by atoms with Crippen LogP contribution >= 0.6 is 0 Å². The van der Waals surface area contributed by atoms with Gasteiger partial charge < -0.3 is 25.3 Å². The van der Waals surface area contributed by atoms with Crippen LogP contribution in [0.1, 0.15) is 39.5 Å². The lowest BCUT2D eigenvalue weighted by Gasteiger charge is -2.19. The number of primary amides is 1. The number of hydrogen-bond donors (Lipinski definition) is 3. The number of hydrogen-bond acceptors (Lipinski definition) is 7. The van der Waals surface area contributed by atoms with E-state index in [1.54, 1.807) is 36.5 Å². The van der Waals surface area contributed by atoms with Crippen LogP contribution in [-0.2, 0) is 16.1 Å². The first-order chi connectivity index (χ1) is 14.9. The van der Waals surface area contributed by atoms with Gasteiger partial charge in [-0.1, -0.05) is 18.2 Å². The van der Waals surface area contributed by atoms with E-state index in [0.29, 0.717) is 11.3 Å². The van der Waals surface area contributed by atoms with Crippen LogP contribution in [0.25, 0.3) is 0 Å². The smallest absolute Gasteiger partial charge is 0.343 e. The van der Waals surface area contributed by atoms with Crippen molar-refractivity contribution in [3.63, 3.8) is 0 Å². The van der Waals surface area contributed by atoms with Crippen molar-refractivity contribution in [1.29, 1.82) is 0 Å². The molecule has 0 fully saturated rings. The number of benzene rings is 1. The zero-order valence-corrected chi connectivity index (χ0v) is 16.7. The Balaban J connectivity index is 2.00. The van der Waals surface area contributed by atoms with Gasteiger partial charge in [0, 0.05) is 24.7 Å². The molecule has 3 aromatic rings. The number of esters is 1. The normalized spacial score (nSPS) is 11.5. The maximum atomic E-state index is 12.5. The summed E-state index contributed by atoms with van der Waals surface area (Å²) >= 11 is 0. The van der Waals surface area contributed by atoms with Crippen molar-refractivity contribution in [2.24, 2.45) is 5.73 Å². The molecule has 1 atom stereocenters. The van der Waals surface area contributed by atoms with Crippen molar-refractivity contribution in [3.8, 4) is 11.5 Å². The van der Waals surface area contributed by atoms with Gasteiger partial charge in [-0.05, 0) is 29.8 Å². The van der Waals surface area contributed by atoms with E-state index in [4.69, 9.17) is 10.5 Å². The third-order valence-corrected chi connectivity index (χ3v) is 4.63. The number of pyridine rings is 2. The Kier molecular flexibility index (Phi) is 6.66. The SMILES string of the molecule is COC(=O)c1c[nH]c(=O)c(C(CC(N)=O)c2cccc(OCc3ccccn3)c2)c1O. The van der Waals surface area contributed by atoms with E-state index in [1.165, 1.54) is 0 Å². The van der Waals surface area contributed by atoms with E-state index >= 15 is 0 Å². The molecule has 2 heterocycles. The van der Waals surface area contributed by atoms with Gasteiger partial charge in [0.2, 0.25) is 5.91 Å². The lowest BCUT2D eigenvalue weighted by atomic mass is 9.87. The van der Waals surface area contributed by atoms with Crippen LogP contribution in [0.2, 0.25) is 0 Å². The van der Waals surface area contributed by atoms with Gasteiger partial charge in [0.1, 0.15) is 23.7 Å². The highest BCUT2D eigenvalue weighted by Gasteiger charge is 2.27. The average molecular weight is 423 g/mol. The number of ether oxygens (including phenoxy) is 2. The molecular formula is C22H21N3O6. The van der Waals surface area contributed by atoms with Crippen LogP contribution in [0, 0.1) is 0 Å². The summed E-state index contributed by atoms with van der Waals surface area (Å²) in [6.45, 7) is 0.217. The van der Waals surface area contributed by atoms with Gasteiger partial charge in [-0.2, -0.15) is 0 Å². The van der Waals surface area contributed by atoms with Crippen LogP contribution in [0.4, 0.5) is 0 Å². The number of aromatic amines is 1. The van der Waals surface area contributed by atoms with Crippen LogP contribution < -0.4 is 16.0 Å². The molecule has 0 bridgehead atoms. The van der Waals surface area contributed by atoms with E-state index in [0.717, 1.165) is 19.0 Å². The molecule has 0 saturated heterocycles. The Labute approximate surface area is 177 Å². The lowest BCUT2D eigenvalue weighted by Crippen LogP contribution is -2.23. The van der Waals surface area contributed by atoms with Gasteiger partial charge in [0.25, 0.3) is 5.56 Å². The minimum absolute atomic E-state index is 0.163. The molecule has 1 aromatic carbocycles. The predicted molar refractivity (Wildman–Crippen MR) is 111 cm³/mol. The number of methoxy groups -OCH3 is 1. The molecule has 0 spiro atoms. The number of amides is 1. The molecule has 0 radical (unpaired) electrons. The molecule has 0 aliphatic rings. The molecule has 0 aliphatic carbocycles. The summed E-state index contributed by atoms with van der Waals surface area (Å²) in [6, 6.07) is 12.2. The average Bonchev–Trinajstić information content (AvgIpc) is 2.77. The fourth-order valence-corrected chi connectivity index (χ4v) is 3.17. The number of nitrogens with two attached hydrogens (primary N) is 1. The largest absolute Gasteiger partial charge is 0.506 e. The Bertz CT molecular complexity index is 1140. The highest BCUT2D eigenvalue weighted by molar-refractivity contribution is 5.92. The van der Waals surface area contributed by atoms with E-state index in [2.05, 4.69) is 14.7 Å². The van der Waals surface area contributed by atoms with Gasteiger partial charge in [0.05, 0.1) is 18.4 Å². The molecule has 0 aliphatic heterocycles. The van der Waals surface area contributed by atoms with Gasteiger partial charge in [-0.3, -0.25) is 14.6 Å². The number of rotatable bonds is 8. The Morgan fingerprint density at radius 3 is 2.71 bits per heavy atom. The van der Waals surface area contributed by atoms with E-state index in [9.17, 15) is 19.5 Å². The number of aromatic nitrogens is 2. The number of carbonyl (C=O) groups is 2. The number of aromatic hydroxyl groups is 1. The van der Waals surface area contributed by atoms with Gasteiger partial charge in [0.15, 0.2) is 0 Å². The molecular weight excluding hydrogens is 402 g/mol. The molecule has 9 heteroatoms. The number of carbonyl (C=O) groups excluding carboxylic acids is 2. The van der Waals surface area contributed by atoms with Gasteiger partial charge >= 0.3 is 5.97 Å².